The summed E-state index contributed by atoms with van der Waals surface area (Å²) in [7, 11) is 1.79. The number of anilines is 1. The normalized spacial score (nSPS) is 20.8. The number of hydrogen-bond donors (Lipinski definition) is 2. The molecular weight excluding hydrogens is 342 g/mol. The second kappa shape index (κ2) is 7.56. The molecule has 0 radical (unpaired) electrons. The van der Waals surface area contributed by atoms with E-state index >= 15 is 0 Å². The van der Waals surface area contributed by atoms with Gasteiger partial charge in [0.25, 0.3) is 0 Å². The molecule has 0 saturated carbocycles. The molecule has 144 valence electrons. The Kier molecular flexibility index (Phi) is 4.98. The van der Waals surface area contributed by atoms with Gasteiger partial charge in [0, 0.05) is 38.5 Å². The summed E-state index contributed by atoms with van der Waals surface area (Å²) < 4.78 is 7.61. The van der Waals surface area contributed by atoms with Crippen molar-refractivity contribution in [1.82, 2.24) is 24.8 Å². The van der Waals surface area contributed by atoms with E-state index in [2.05, 4.69) is 48.9 Å². The van der Waals surface area contributed by atoms with Gasteiger partial charge in [-0.05, 0) is 32.8 Å². The van der Waals surface area contributed by atoms with Crippen molar-refractivity contribution in [1.29, 1.82) is 0 Å². The SMILES string of the molecule is COC1CCN(C2=NC=CC(Nc3cc4c(cn3)ncn4C(C)C)N2)CC1. The minimum atomic E-state index is -0.0574. The first kappa shape index (κ1) is 17.8. The molecule has 0 aromatic carbocycles. The van der Waals surface area contributed by atoms with E-state index in [1.807, 2.05) is 30.9 Å². The Morgan fingerprint density at radius 2 is 2.07 bits per heavy atom. The molecule has 0 spiro atoms. The van der Waals surface area contributed by atoms with E-state index in [1.165, 1.54) is 0 Å². The number of nitrogens with zero attached hydrogens (tertiary/aromatic N) is 5. The fraction of sp³-hybridized carbons (Fsp3) is 0.526. The highest BCUT2D eigenvalue weighted by atomic mass is 16.5. The number of hydrogen-bond acceptors (Lipinski definition) is 7. The predicted octanol–water partition coefficient (Wildman–Crippen LogP) is 2.33. The second-order valence-electron chi connectivity index (χ2n) is 7.29. The molecular formula is C19H27N7O. The molecule has 1 fully saturated rings. The van der Waals surface area contributed by atoms with Gasteiger partial charge in [0.05, 0.1) is 24.1 Å². The molecule has 4 heterocycles. The first-order valence-electron chi connectivity index (χ1n) is 9.52. The quantitative estimate of drug-likeness (QED) is 0.861. The van der Waals surface area contributed by atoms with Crippen LogP contribution in [0.5, 0.6) is 0 Å². The van der Waals surface area contributed by atoms with Gasteiger partial charge >= 0.3 is 0 Å². The molecule has 2 aliphatic rings. The number of guanidine groups is 1. The Balaban J connectivity index is 1.43. The highest BCUT2D eigenvalue weighted by Gasteiger charge is 2.23. The molecule has 2 N–H and O–H groups in total. The van der Waals surface area contributed by atoms with Crippen molar-refractivity contribution in [3.05, 3.63) is 30.9 Å². The Morgan fingerprint density at radius 1 is 1.26 bits per heavy atom. The van der Waals surface area contributed by atoms with Crippen LogP contribution in [0.3, 0.4) is 0 Å². The van der Waals surface area contributed by atoms with Crippen LogP contribution in [0.25, 0.3) is 11.0 Å². The maximum absolute atomic E-state index is 5.45. The van der Waals surface area contributed by atoms with E-state index in [0.29, 0.717) is 12.1 Å². The van der Waals surface area contributed by atoms with Crippen LogP contribution in [0.1, 0.15) is 32.7 Å². The zero-order valence-electron chi connectivity index (χ0n) is 16.1. The van der Waals surface area contributed by atoms with Gasteiger partial charge in [0.15, 0.2) is 5.96 Å². The van der Waals surface area contributed by atoms with E-state index in [0.717, 1.165) is 48.7 Å². The van der Waals surface area contributed by atoms with Crippen LogP contribution in [-0.4, -0.2) is 57.9 Å². The lowest BCUT2D eigenvalue weighted by Gasteiger charge is -2.35. The van der Waals surface area contributed by atoms with Gasteiger partial charge in [-0.25, -0.2) is 15.0 Å². The predicted molar refractivity (Wildman–Crippen MR) is 107 cm³/mol. The Hall–Kier alpha value is -2.61. The van der Waals surface area contributed by atoms with E-state index in [9.17, 15) is 0 Å². The van der Waals surface area contributed by atoms with Crippen molar-refractivity contribution in [2.45, 2.75) is 45.0 Å². The third kappa shape index (κ3) is 3.75. The molecule has 0 bridgehead atoms. The van der Waals surface area contributed by atoms with Crippen LogP contribution < -0.4 is 10.6 Å². The molecule has 2 aromatic rings. The Morgan fingerprint density at radius 3 is 2.81 bits per heavy atom. The molecule has 0 amide bonds. The van der Waals surface area contributed by atoms with Crippen molar-refractivity contribution in [3.63, 3.8) is 0 Å². The number of methoxy groups -OCH3 is 1. The van der Waals surface area contributed by atoms with Crippen LogP contribution in [-0.2, 0) is 4.74 Å². The lowest BCUT2D eigenvalue weighted by Crippen LogP contribution is -2.52. The molecule has 2 aliphatic heterocycles. The summed E-state index contributed by atoms with van der Waals surface area (Å²) in [5.41, 5.74) is 1.99. The number of likely N-dealkylation sites (tertiary alicyclic amines) is 1. The maximum atomic E-state index is 5.45. The minimum Gasteiger partial charge on any atom is -0.381 e. The van der Waals surface area contributed by atoms with Gasteiger partial charge in [0.1, 0.15) is 17.5 Å². The number of aromatic nitrogens is 3. The number of ether oxygens (including phenoxy) is 1. The van der Waals surface area contributed by atoms with E-state index < -0.39 is 0 Å². The highest BCUT2D eigenvalue weighted by molar-refractivity contribution is 5.82. The van der Waals surface area contributed by atoms with E-state index in [-0.39, 0.29) is 6.17 Å². The number of fused-ring (bicyclic) bond motifs is 1. The van der Waals surface area contributed by atoms with Crippen LogP contribution in [0.2, 0.25) is 0 Å². The lowest BCUT2D eigenvalue weighted by molar-refractivity contribution is 0.0570. The summed E-state index contributed by atoms with van der Waals surface area (Å²) in [4.78, 5) is 15.7. The molecule has 8 heteroatoms. The van der Waals surface area contributed by atoms with Crippen LogP contribution in [0.15, 0.2) is 35.9 Å². The van der Waals surface area contributed by atoms with Crippen molar-refractivity contribution in [2.75, 3.05) is 25.5 Å². The zero-order chi connectivity index (χ0) is 18.8. The molecule has 2 aromatic heterocycles. The van der Waals surface area contributed by atoms with Crippen molar-refractivity contribution in [2.24, 2.45) is 4.99 Å². The topological polar surface area (TPSA) is 79.6 Å². The van der Waals surface area contributed by atoms with Crippen molar-refractivity contribution in [3.8, 4) is 0 Å². The summed E-state index contributed by atoms with van der Waals surface area (Å²) >= 11 is 0. The zero-order valence-corrected chi connectivity index (χ0v) is 16.1. The average molecular weight is 369 g/mol. The summed E-state index contributed by atoms with van der Waals surface area (Å²) in [5, 5.41) is 6.89. The smallest absolute Gasteiger partial charge is 0.200 e. The number of pyridine rings is 1. The largest absolute Gasteiger partial charge is 0.381 e. The van der Waals surface area contributed by atoms with Gasteiger partial charge in [-0.1, -0.05) is 0 Å². The molecule has 27 heavy (non-hydrogen) atoms. The first-order valence-corrected chi connectivity index (χ1v) is 9.52. The van der Waals surface area contributed by atoms with Crippen LogP contribution in [0.4, 0.5) is 5.82 Å². The fourth-order valence-electron chi connectivity index (χ4n) is 3.56. The van der Waals surface area contributed by atoms with Gasteiger partial charge in [-0.15, -0.1) is 0 Å². The van der Waals surface area contributed by atoms with Crippen molar-refractivity contribution < 1.29 is 4.74 Å². The molecule has 1 atom stereocenters. The fourth-order valence-corrected chi connectivity index (χ4v) is 3.56. The highest BCUT2D eigenvalue weighted by Crippen LogP contribution is 2.20. The number of rotatable bonds is 4. The molecule has 0 aliphatic carbocycles. The van der Waals surface area contributed by atoms with Gasteiger partial charge in [-0.2, -0.15) is 0 Å². The second-order valence-corrected chi connectivity index (χ2v) is 7.29. The molecule has 1 unspecified atom stereocenters. The van der Waals surface area contributed by atoms with Gasteiger partial charge in [0.2, 0.25) is 0 Å². The third-order valence-corrected chi connectivity index (χ3v) is 5.16. The van der Waals surface area contributed by atoms with Crippen LogP contribution >= 0.6 is 0 Å². The number of imidazole rings is 1. The minimum absolute atomic E-state index is 0.0574. The molecule has 4 rings (SSSR count). The first-order chi connectivity index (χ1) is 13.1. The standard InChI is InChI=1S/C19H27N7O/c1-13(2)26-12-22-15-11-21-18(10-16(15)26)23-17-4-7-20-19(24-17)25-8-5-14(27-3)6-9-25/h4,7,10-14,17H,5-6,8-9H2,1-3H3,(H,20,24)(H,21,23). The van der Waals surface area contributed by atoms with Gasteiger partial charge in [-0.3, -0.25) is 0 Å². The van der Waals surface area contributed by atoms with Crippen LogP contribution in [0, 0.1) is 0 Å². The van der Waals surface area contributed by atoms with E-state index in [1.54, 1.807) is 7.11 Å². The summed E-state index contributed by atoms with van der Waals surface area (Å²) in [5.74, 6) is 1.71. The summed E-state index contributed by atoms with van der Waals surface area (Å²) in [6.45, 7) is 6.19. The number of nitrogens with one attached hydrogen (secondary N) is 2. The molecule has 8 nitrogen and oxygen atoms in total. The number of piperidine rings is 1. The summed E-state index contributed by atoms with van der Waals surface area (Å²) in [6, 6.07) is 2.40. The summed E-state index contributed by atoms with van der Waals surface area (Å²) in [6.07, 6.45) is 9.88. The maximum Gasteiger partial charge on any atom is 0.200 e. The molecule has 1 saturated heterocycles. The third-order valence-electron chi connectivity index (χ3n) is 5.16. The Bertz CT molecular complexity index is 849. The Labute approximate surface area is 159 Å². The monoisotopic (exact) mass is 369 g/mol. The van der Waals surface area contributed by atoms with E-state index in [4.69, 9.17) is 4.74 Å². The van der Waals surface area contributed by atoms with Gasteiger partial charge < -0.3 is 24.8 Å². The van der Waals surface area contributed by atoms with Crippen molar-refractivity contribution >= 4 is 22.8 Å². The average Bonchev–Trinajstić information content (AvgIpc) is 3.12. The number of aliphatic imine (C=N–C) groups is 1. The lowest BCUT2D eigenvalue weighted by atomic mass is 10.1.